The van der Waals surface area contributed by atoms with Crippen molar-refractivity contribution in [3.8, 4) is 5.88 Å². The van der Waals surface area contributed by atoms with Crippen LogP contribution >= 0.6 is 0 Å². The summed E-state index contributed by atoms with van der Waals surface area (Å²) in [6, 6.07) is 5.71. The Labute approximate surface area is 130 Å². The van der Waals surface area contributed by atoms with E-state index >= 15 is 0 Å². The maximum Gasteiger partial charge on any atom is 0.225 e. The van der Waals surface area contributed by atoms with Crippen LogP contribution in [0.4, 0.5) is 0 Å². The highest BCUT2D eigenvalue weighted by atomic mass is 16.5. The van der Waals surface area contributed by atoms with Gasteiger partial charge in [0.2, 0.25) is 11.8 Å². The summed E-state index contributed by atoms with van der Waals surface area (Å²) < 4.78 is 11.5. The number of amides is 1. The normalized spacial score (nSPS) is 27.5. The first-order chi connectivity index (χ1) is 10.8. The lowest BCUT2D eigenvalue weighted by molar-refractivity contribution is -0.144. The molecule has 3 atom stereocenters. The Morgan fingerprint density at radius 1 is 1.45 bits per heavy atom. The lowest BCUT2D eigenvalue weighted by atomic mass is 10.1. The van der Waals surface area contributed by atoms with Crippen LogP contribution in [0.2, 0.25) is 0 Å². The number of ether oxygens (including phenoxy) is 2. The van der Waals surface area contributed by atoms with Crippen molar-refractivity contribution in [2.45, 2.75) is 31.4 Å². The molecule has 1 aliphatic carbocycles. The van der Waals surface area contributed by atoms with E-state index < -0.39 is 0 Å². The third-order valence-electron chi connectivity index (χ3n) is 4.38. The summed E-state index contributed by atoms with van der Waals surface area (Å²) in [5, 5.41) is 8.96. The number of aliphatic hydroxyl groups excluding tert-OH is 1. The molecular formula is C16H22N2O4. The molecule has 0 radical (unpaired) electrons. The van der Waals surface area contributed by atoms with Crippen LogP contribution in [0.1, 0.15) is 19.3 Å². The molecule has 0 spiro atoms. The van der Waals surface area contributed by atoms with Crippen LogP contribution in [0.5, 0.6) is 5.88 Å². The van der Waals surface area contributed by atoms with Crippen molar-refractivity contribution in [1.82, 2.24) is 9.88 Å². The van der Waals surface area contributed by atoms with Gasteiger partial charge >= 0.3 is 0 Å². The quantitative estimate of drug-likeness (QED) is 0.873. The van der Waals surface area contributed by atoms with Crippen LogP contribution in [0, 0.1) is 5.92 Å². The van der Waals surface area contributed by atoms with Crippen LogP contribution in [0.15, 0.2) is 24.4 Å². The van der Waals surface area contributed by atoms with E-state index in [1.165, 1.54) is 0 Å². The van der Waals surface area contributed by atoms with Crippen molar-refractivity contribution in [2.75, 3.05) is 26.4 Å². The Bertz CT molecular complexity index is 496. The maximum atomic E-state index is 12.1. The molecule has 1 aromatic heterocycles. The number of pyridine rings is 1. The van der Waals surface area contributed by atoms with Gasteiger partial charge in [-0.25, -0.2) is 4.98 Å². The third kappa shape index (κ3) is 3.39. The van der Waals surface area contributed by atoms with Gasteiger partial charge in [0, 0.05) is 25.2 Å². The van der Waals surface area contributed by atoms with E-state index in [1.807, 2.05) is 23.1 Å². The van der Waals surface area contributed by atoms with Gasteiger partial charge in [-0.3, -0.25) is 4.79 Å². The van der Waals surface area contributed by atoms with E-state index in [9.17, 15) is 4.79 Å². The van der Waals surface area contributed by atoms with E-state index in [0.717, 1.165) is 12.8 Å². The SMILES string of the molecule is O=C(CCO)N1CCO[C@@H]2C[C@@H](COc3ccccn3)C[C@H]21. The first-order valence-electron chi connectivity index (χ1n) is 7.83. The topological polar surface area (TPSA) is 71.9 Å². The number of hydrogen-bond donors (Lipinski definition) is 1. The minimum atomic E-state index is -0.0974. The molecule has 2 heterocycles. The molecule has 2 fully saturated rings. The van der Waals surface area contributed by atoms with Crippen molar-refractivity contribution in [3.05, 3.63) is 24.4 Å². The van der Waals surface area contributed by atoms with Crippen molar-refractivity contribution < 1.29 is 19.4 Å². The molecule has 2 aliphatic rings. The summed E-state index contributed by atoms with van der Waals surface area (Å²) in [5.41, 5.74) is 0. The molecule has 120 valence electrons. The Morgan fingerprint density at radius 3 is 3.14 bits per heavy atom. The predicted octanol–water partition coefficient (Wildman–Crippen LogP) is 0.849. The zero-order valence-electron chi connectivity index (χ0n) is 12.6. The smallest absolute Gasteiger partial charge is 0.225 e. The summed E-state index contributed by atoms with van der Waals surface area (Å²) in [6.45, 7) is 1.69. The zero-order chi connectivity index (χ0) is 15.4. The first-order valence-corrected chi connectivity index (χ1v) is 7.83. The van der Waals surface area contributed by atoms with Crippen LogP contribution in [-0.4, -0.2) is 59.4 Å². The van der Waals surface area contributed by atoms with Gasteiger partial charge in [-0.15, -0.1) is 0 Å². The number of nitrogens with zero attached hydrogens (tertiary/aromatic N) is 2. The molecule has 1 saturated heterocycles. The number of carbonyl (C=O) groups excluding carboxylic acids is 1. The second kappa shape index (κ2) is 7.07. The van der Waals surface area contributed by atoms with Crippen molar-refractivity contribution in [2.24, 2.45) is 5.92 Å². The molecule has 1 aromatic rings. The lowest BCUT2D eigenvalue weighted by Crippen LogP contribution is -2.51. The highest BCUT2D eigenvalue weighted by Crippen LogP contribution is 2.34. The summed E-state index contributed by atoms with van der Waals surface area (Å²) >= 11 is 0. The third-order valence-corrected chi connectivity index (χ3v) is 4.38. The van der Waals surface area contributed by atoms with Crippen molar-refractivity contribution in [3.63, 3.8) is 0 Å². The van der Waals surface area contributed by atoms with Gasteiger partial charge in [0.15, 0.2) is 0 Å². The fraction of sp³-hybridized carbons (Fsp3) is 0.625. The largest absolute Gasteiger partial charge is 0.477 e. The molecule has 6 nitrogen and oxygen atoms in total. The molecule has 0 aromatic carbocycles. The Kier molecular flexibility index (Phi) is 4.90. The van der Waals surface area contributed by atoms with E-state index in [2.05, 4.69) is 4.98 Å². The molecule has 22 heavy (non-hydrogen) atoms. The molecule has 3 rings (SSSR count). The highest BCUT2D eigenvalue weighted by Gasteiger charge is 2.42. The van der Waals surface area contributed by atoms with Gasteiger partial charge in [0.1, 0.15) is 0 Å². The highest BCUT2D eigenvalue weighted by molar-refractivity contribution is 5.76. The van der Waals surface area contributed by atoms with E-state index in [4.69, 9.17) is 14.6 Å². The second-order valence-corrected chi connectivity index (χ2v) is 5.85. The number of morpholine rings is 1. The Balaban J connectivity index is 1.56. The number of carbonyl (C=O) groups is 1. The first kappa shape index (κ1) is 15.2. The lowest BCUT2D eigenvalue weighted by Gasteiger charge is -2.37. The Hall–Kier alpha value is -1.66. The fourth-order valence-corrected chi connectivity index (χ4v) is 3.37. The van der Waals surface area contributed by atoms with E-state index in [1.54, 1.807) is 6.20 Å². The van der Waals surface area contributed by atoms with Crippen molar-refractivity contribution in [1.29, 1.82) is 0 Å². The number of aromatic nitrogens is 1. The van der Waals surface area contributed by atoms with Crippen molar-refractivity contribution >= 4 is 5.91 Å². The molecule has 1 saturated carbocycles. The molecule has 0 bridgehead atoms. The maximum absolute atomic E-state index is 12.1. The van der Waals surface area contributed by atoms with Gasteiger partial charge < -0.3 is 19.5 Å². The zero-order valence-corrected chi connectivity index (χ0v) is 12.6. The fourth-order valence-electron chi connectivity index (χ4n) is 3.37. The minimum Gasteiger partial charge on any atom is -0.477 e. The van der Waals surface area contributed by atoms with Crippen LogP contribution in [0.25, 0.3) is 0 Å². The van der Waals surface area contributed by atoms with Gasteiger partial charge in [-0.2, -0.15) is 0 Å². The van der Waals surface area contributed by atoms with Gasteiger partial charge in [0.05, 0.1) is 32.0 Å². The molecule has 1 N–H and O–H groups in total. The number of rotatable bonds is 5. The molecule has 1 amide bonds. The molecule has 1 aliphatic heterocycles. The van der Waals surface area contributed by atoms with E-state index in [0.29, 0.717) is 31.6 Å². The summed E-state index contributed by atoms with van der Waals surface area (Å²) in [4.78, 5) is 18.1. The summed E-state index contributed by atoms with van der Waals surface area (Å²) in [6.07, 6.45) is 3.78. The average Bonchev–Trinajstić information content (AvgIpc) is 2.97. The van der Waals surface area contributed by atoms with Gasteiger partial charge in [-0.1, -0.05) is 6.07 Å². The van der Waals surface area contributed by atoms with Crippen LogP contribution in [0.3, 0.4) is 0 Å². The monoisotopic (exact) mass is 306 g/mol. The standard InChI is InChI=1S/C16H22N2O4/c19-7-4-16(20)18-6-8-21-14-10-12(9-13(14)18)11-22-15-3-1-2-5-17-15/h1-3,5,12-14,19H,4,6-11H2/t12-,13+,14+/m0/s1. The van der Waals surface area contributed by atoms with Crippen LogP contribution in [-0.2, 0) is 9.53 Å². The molecular weight excluding hydrogens is 284 g/mol. The minimum absolute atomic E-state index is 0.0205. The van der Waals surface area contributed by atoms with Gasteiger partial charge in [-0.05, 0) is 24.8 Å². The summed E-state index contributed by atoms with van der Waals surface area (Å²) in [7, 11) is 0. The number of hydrogen-bond acceptors (Lipinski definition) is 5. The summed E-state index contributed by atoms with van der Waals surface area (Å²) in [5.74, 6) is 1.01. The van der Waals surface area contributed by atoms with Gasteiger partial charge in [0.25, 0.3) is 0 Å². The average molecular weight is 306 g/mol. The Morgan fingerprint density at radius 2 is 2.36 bits per heavy atom. The number of aliphatic hydroxyl groups is 1. The second-order valence-electron chi connectivity index (χ2n) is 5.85. The van der Waals surface area contributed by atoms with E-state index in [-0.39, 0.29) is 31.1 Å². The van der Waals surface area contributed by atoms with Crippen LogP contribution < -0.4 is 4.74 Å². The predicted molar refractivity (Wildman–Crippen MR) is 79.4 cm³/mol. The number of fused-ring (bicyclic) bond motifs is 1. The molecule has 6 heteroatoms. The molecule has 0 unspecified atom stereocenters.